The van der Waals surface area contributed by atoms with Crippen LogP contribution in [0.2, 0.25) is 0 Å². The predicted octanol–water partition coefficient (Wildman–Crippen LogP) is 2.14. The smallest absolute Gasteiger partial charge is 0.395 e. The molecule has 0 aromatic heterocycles. The number of rotatable bonds is 6. The van der Waals surface area contributed by atoms with Gasteiger partial charge < -0.3 is 10.8 Å². The average molecular weight is 282 g/mol. The van der Waals surface area contributed by atoms with Crippen molar-refractivity contribution < 1.29 is 18.3 Å². The van der Waals surface area contributed by atoms with Crippen LogP contribution < -0.4 is 5.73 Å². The second-order valence-electron chi connectivity index (χ2n) is 5.67. The summed E-state index contributed by atoms with van der Waals surface area (Å²) in [6, 6.07) is 0. The summed E-state index contributed by atoms with van der Waals surface area (Å²) in [5.74, 6) is 0. The van der Waals surface area contributed by atoms with Gasteiger partial charge in [-0.3, -0.25) is 4.90 Å². The van der Waals surface area contributed by atoms with Crippen molar-refractivity contribution in [2.75, 3.05) is 32.8 Å². The second kappa shape index (κ2) is 7.45. The second-order valence-corrected chi connectivity index (χ2v) is 5.67. The van der Waals surface area contributed by atoms with Gasteiger partial charge in [-0.05, 0) is 24.8 Å². The van der Waals surface area contributed by atoms with E-state index in [1.54, 1.807) is 0 Å². The standard InChI is InChI=1S/C13H25F3N2O/c14-13(15,16)11-18(7-8-19)10-12(9-17)5-3-1-2-4-6-12/h19H,1-11,17H2. The van der Waals surface area contributed by atoms with Gasteiger partial charge in [0.1, 0.15) is 0 Å². The monoisotopic (exact) mass is 282 g/mol. The number of nitrogens with zero attached hydrogens (tertiary/aromatic N) is 1. The van der Waals surface area contributed by atoms with Crippen LogP contribution in [0.1, 0.15) is 38.5 Å². The zero-order valence-electron chi connectivity index (χ0n) is 11.4. The normalized spacial score (nSPS) is 20.5. The molecule has 0 spiro atoms. The summed E-state index contributed by atoms with van der Waals surface area (Å²) in [6.07, 6.45) is 1.91. The number of aliphatic hydroxyl groups excluding tert-OH is 1. The van der Waals surface area contributed by atoms with E-state index in [0.29, 0.717) is 13.1 Å². The summed E-state index contributed by atoms with van der Waals surface area (Å²) in [4.78, 5) is 1.30. The van der Waals surface area contributed by atoms with Crippen molar-refractivity contribution in [3.8, 4) is 0 Å². The van der Waals surface area contributed by atoms with Crippen LogP contribution in [-0.4, -0.2) is 49.0 Å². The van der Waals surface area contributed by atoms with Gasteiger partial charge in [0.2, 0.25) is 0 Å². The Labute approximate surface area is 113 Å². The fraction of sp³-hybridized carbons (Fsp3) is 1.00. The molecule has 0 amide bonds. The average Bonchev–Trinajstić information content (AvgIpc) is 2.53. The lowest BCUT2D eigenvalue weighted by Gasteiger charge is -2.37. The first kappa shape index (κ1) is 16.7. The molecule has 0 unspecified atom stereocenters. The minimum absolute atomic E-state index is 0.0568. The summed E-state index contributed by atoms with van der Waals surface area (Å²) in [5.41, 5.74) is 5.63. The minimum atomic E-state index is -4.23. The maximum atomic E-state index is 12.5. The Hall–Kier alpha value is -0.330. The third-order valence-corrected chi connectivity index (χ3v) is 3.98. The first-order chi connectivity index (χ1) is 8.91. The molecule has 1 saturated carbocycles. The molecule has 0 saturated heterocycles. The van der Waals surface area contributed by atoms with E-state index in [1.807, 2.05) is 0 Å². The molecule has 0 aromatic carbocycles. The van der Waals surface area contributed by atoms with Crippen molar-refractivity contribution in [2.45, 2.75) is 44.7 Å². The zero-order chi connectivity index (χ0) is 14.4. The molecule has 3 N–H and O–H groups in total. The van der Waals surface area contributed by atoms with Gasteiger partial charge in [0.05, 0.1) is 13.2 Å². The third-order valence-electron chi connectivity index (χ3n) is 3.98. The van der Waals surface area contributed by atoms with E-state index in [9.17, 15) is 13.2 Å². The summed E-state index contributed by atoms with van der Waals surface area (Å²) in [6.45, 7) is -0.399. The molecule has 0 heterocycles. The van der Waals surface area contributed by atoms with E-state index in [1.165, 1.54) is 4.90 Å². The molecule has 0 radical (unpaired) electrons. The van der Waals surface area contributed by atoms with E-state index < -0.39 is 12.7 Å². The lowest BCUT2D eigenvalue weighted by molar-refractivity contribution is -0.150. The van der Waals surface area contributed by atoms with Gasteiger partial charge in [0, 0.05) is 13.1 Å². The highest BCUT2D eigenvalue weighted by molar-refractivity contribution is 4.86. The van der Waals surface area contributed by atoms with Crippen molar-refractivity contribution in [3.63, 3.8) is 0 Å². The van der Waals surface area contributed by atoms with Crippen LogP contribution in [0.4, 0.5) is 13.2 Å². The highest BCUT2D eigenvalue weighted by Gasteiger charge is 2.36. The van der Waals surface area contributed by atoms with Crippen LogP contribution in [-0.2, 0) is 0 Å². The van der Waals surface area contributed by atoms with Gasteiger partial charge in [-0.1, -0.05) is 25.7 Å². The summed E-state index contributed by atoms with van der Waals surface area (Å²) < 4.78 is 37.6. The Kier molecular flexibility index (Phi) is 6.56. The molecule has 0 bridgehead atoms. The molecule has 19 heavy (non-hydrogen) atoms. The van der Waals surface area contributed by atoms with Gasteiger partial charge in [-0.25, -0.2) is 0 Å². The van der Waals surface area contributed by atoms with Gasteiger partial charge in [-0.2, -0.15) is 13.2 Å². The van der Waals surface area contributed by atoms with Crippen molar-refractivity contribution in [3.05, 3.63) is 0 Å². The number of aliphatic hydroxyl groups is 1. The van der Waals surface area contributed by atoms with E-state index >= 15 is 0 Å². The van der Waals surface area contributed by atoms with Gasteiger partial charge in [-0.15, -0.1) is 0 Å². The molecule has 0 aliphatic heterocycles. The highest BCUT2D eigenvalue weighted by atomic mass is 19.4. The Bertz CT molecular complexity index is 251. The van der Waals surface area contributed by atoms with Crippen LogP contribution in [0.5, 0.6) is 0 Å². The van der Waals surface area contributed by atoms with Crippen LogP contribution in [0.25, 0.3) is 0 Å². The van der Waals surface area contributed by atoms with Crippen molar-refractivity contribution in [1.29, 1.82) is 0 Å². The quantitative estimate of drug-likeness (QED) is 0.734. The lowest BCUT2D eigenvalue weighted by atomic mass is 9.80. The van der Waals surface area contributed by atoms with E-state index in [2.05, 4.69) is 0 Å². The topological polar surface area (TPSA) is 49.5 Å². The molecule has 1 aliphatic carbocycles. The molecule has 0 aromatic rings. The third kappa shape index (κ3) is 6.10. The number of hydrogen-bond donors (Lipinski definition) is 2. The van der Waals surface area contributed by atoms with E-state index in [0.717, 1.165) is 38.5 Å². The predicted molar refractivity (Wildman–Crippen MR) is 68.8 cm³/mol. The molecule has 0 atom stereocenters. The SMILES string of the molecule is NCC1(CN(CCO)CC(F)(F)F)CCCCCC1. The van der Waals surface area contributed by atoms with Crippen LogP contribution in [0.15, 0.2) is 0 Å². The molecule has 6 heteroatoms. The van der Waals surface area contributed by atoms with Gasteiger partial charge in [0.25, 0.3) is 0 Å². The number of hydrogen-bond acceptors (Lipinski definition) is 3. The Morgan fingerprint density at radius 2 is 1.68 bits per heavy atom. The molecule has 1 rings (SSSR count). The highest BCUT2D eigenvalue weighted by Crippen LogP contribution is 2.35. The fourth-order valence-corrected chi connectivity index (χ4v) is 2.99. The first-order valence-electron chi connectivity index (χ1n) is 7.01. The van der Waals surface area contributed by atoms with Gasteiger partial charge >= 0.3 is 6.18 Å². The molecule has 1 aliphatic rings. The van der Waals surface area contributed by atoms with Crippen LogP contribution in [0.3, 0.4) is 0 Å². The van der Waals surface area contributed by atoms with Crippen molar-refractivity contribution >= 4 is 0 Å². The maximum absolute atomic E-state index is 12.5. The Balaban J connectivity index is 2.67. The van der Waals surface area contributed by atoms with E-state index in [4.69, 9.17) is 10.8 Å². The molecular weight excluding hydrogens is 257 g/mol. The van der Waals surface area contributed by atoms with Crippen molar-refractivity contribution in [2.24, 2.45) is 11.1 Å². The maximum Gasteiger partial charge on any atom is 0.401 e. The Morgan fingerprint density at radius 1 is 1.11 bits per heavy atom. The van der Waals surface area contributed by atoms with E-state index in [-0.39, 0.29) is 18.6 Å². The summed E-state index contributed by atoms with van der Waals surface area (Å²) in [7, 11) is 0. The number of alkyl halides is 3. The molecule has 1 fully saturated rings. The number of halogens is 3. The molecule has 3 nitrogen and oxygen atoms in total. The molecular formula is C13H25F3N2O. The summed E-state index contributed by atoms with van der Waals surface area (Å²) >= 11 is 0. The van der Waals surface area contributed by atoms with Gasteiger partial charge in [0.15, 0.2) is 0 Å². The Morgan fingerprint density at radius 3 is 2.11 bits per heavy atom. The largest absolute Gasteiger partial charge is 0.401 e. The van der Waals surface area contributed by atoms with Crippen LogP contribution >= 0.6 is 0 Å². The fourth-order valence-electron chi connectivity index (χ4n) is 2.99. The lowest BCUT2D eigenvalue weighted by Crippen LogP contribution is -2.46. The summed E-state index contributed by atoms with van der Waals surface area (Å²) in [5, 5.41) is 8.93. The molecule has 114 valence electrons. The number of nitrogens with two attached hydrogens (primary N) is 1. The first-order valence-corrected chi connectivity index (χ1v) is 7.01. The zero-order valence-corrected chi connectivity index (χ0v) is 11.4. The minimum Gasteiger partial charge on any atom is -0.395 e. The van der Waals surface area contributed by atoms with Crippen LogP contribution in [0, 0.1) is 5.41 Å². The van der Waals surface area contributed by atoms with Crippen molar-refractivity contribution in [1.82, 2.24) is 4.90 Å².